The average Bonchev–Trinajstić information content (AvgIpc) is 2.45. The molecule has 1 amide bonds. The Labute approximate surface area is 135 Å². The summed E-state index contributed by atoms with van der Waals surface area (Å²) in [5.74, 6) is -1.64. The first-order chi connectivity index (χ1) is 10.4. The van der Waals surface area contributed by atoms with E-state index in [1.54, 1.807) is 0 Å². The van der Waals surface area contributed by atoms with Gasteiger partial charge in [0.25, 0.3) is 0 Å². The van der Waals surface area contributed by atoms with Gasteiger partial charge in [0.2, 0.25) is 5.91 Å². The Morgan fingerprint density at radius 2 is 1.73 bits per heavy atom. The first kappa shape index (κ1) is 16.4. The lowest BCUT2D eigenvalue weighted by atomic mass is 10.1. The van der Waals surface area contributed by atoms with Crippen molar-refractivity contribution in [2.24, 2.45) is 0 Å². The van der Waals surface area contributed by atoms with Gasteiger partial charge in [-0.25, -0.2) is 8.78 Å². The number of amides is 1. The van der Waals surface area contributed by atoms with Gasteiger partial charge in [0.05, 0.1) is 12.6 Å². The van der Waals surface area contributed by atoms with Gasteiger partial charge in [-0.1, -0.05) is 28.1 Å². The fourth-order valence-electron chi connectivity index (χ4n) is 1.97. The number of halogens is 3. The monoisotopic (exact) mass is 368 g/mol. The summed E-state index contributed by atoms with van der Waals surface area (Å²) in [5, 5.41) is 5.50. The molecule has 0 bridgehead atoms. The van der Waals surface area contributed by atoms with E-state index in [2.05, 4.69) is 26.6 Å². The maximum absolute atomic E-state index is 13.0. The number of benzene rings is 2. The molecule has 0 aromatic heterocycles. The van der Waals surface area contributed by atoms with Crippen molar-refractivity contribution < 1.29 is 13.6 Å². The van der Waals surface area contributed by atoms with Crippen LogP contribution in [-0.4, -0.2) is 12.5 Å². The summed E-state index contributed by atoms with van der Waals surface area (Å²) in [7, 11) is 0. The van der Waals surface area contributed by atoms with Crippen LogP contribution in [0.3, 0.4) is 0 Å². The predicted molar refractivity (Wildman–Crippen MR) is 85.5 cm³/mol. The maximum atomic E-state index is 13.0. The highest BCUT2D eigenvalue weighted by molar-refractivity contribution is 9.10. The van der Waals surface area contributed by atoms with Gasteiger partial charge in [-0.2, -0.15) is 0 Å². The normalized spacial score (nSPS) is 11.8. The van der Waals surface area contributed by atoms with Crippen molar-refractivity contribution in [2.45, 2.75) is 13.0 Å². The standard InChI is InChI=1S/C16H15BrF2N2O/c1-10(11-2-4-12(17)5-3-11)21-16(22)9-20-15-7-13(18)6-14(19)8-15/h2-8,10,20H,9H2,1H3,(H,21,22). The second kappa shape index (κ2) is 7.35. The zero-order chi connectivity index (χ0) is 16.1. The molecule has 6 heteroatoms. The Bertz CT molecular complexity index is 641. The third kappa shape index (κ3) is 4.80. The van der Waals surface area contributed by atoms with Crippen molar-refractivity contribution in [3.05, 3.63) is 64.1 Å². The molecule has 0 fully saturated rings. The second-order valence-electron chi connectivity index (χ2n) is 4.85. The molecular formula is C16H15BrF2N2O. The Morgan fingerprint density at radius 1 is 1.14 bits per heavy atom. The van der Waals surface area contributed by atoms with Gasteiger partial charge in [-0.05, 0) is 36.8 Å². The molecule has 2 aromatic carbocycles. The maximum Gasteiger partial charge on any atom is 0.239 e. The van der Waals surface area contributed by atoms with E-state index in [-0.39, 0.29) is 24.2 Å². The number of carbonyl (C=O) groups excluding carboxylic acids is 1. The van der Waals surface area contributed by atoms with Gasteiger partial charge in [0.1, 0.15) is 11.6 Å². The Hall–Kier alpha value is -1.95. The Morgan fingerprint density at radius 3 is 2.32 bits per heavy atom. The summed E-state index contributed by atoms with van der Waals surface area (Å²) in [5.41, 5.74) is 1.19. The highest BCUT2D eigenvalue weighted by atomic mass is 79.9. The molecule has 0 aliphatic heterocycles. The third-order valence-electron chi connectivity index (χ3n) is 3.06. The van der Waals surface area contributed by atoms with Crippen LogP contribution in [0, 0.1) is 11.6 Å². The number of nitrogens with one attached hydrogen (secondary N) is 2. The van der Waals surface area contributed by atoms with Gasteiger partial charge in [0.15, 0.2) is 0 Å². The minimum atomic E-state index is -0.689. The first-order valence-electron chi connectivity index (χ1n) is 6.69. The van der Waals surface area contributed by atoms with Gasteiger partial charge in [0, 0.05) is 16.2 Å². The second-order valence-corrected chi connectivity index (χ2v) is 5.77. The minimum absolute atomic E-state index is 0.0657. The summed E-state index contributed by atoms with van der Waals surface area (Å²) in [6.45, 7) is 1.80. The van der Waals surface area contributed by atoms with Crippen LogP contribution in [0.4, 0.5) is 14.5 Å². The summed E-state index contributed by atoms with van der Waals surface area (Å²) >= 11 is 3.35. The van der Waals surface area contributed by atoms with E-state index in [1.165, 1.54) is 0 Å². The molecule has 3 nitrogen and oxygen atoms in total. The lowest BCUT2D eigenvalue weighted by molar-refractivity contribution is -0.120. The summed E-state index contributed by atoms with van der Waals surface area (Å²) in [6, 6.07) is 10.5. The van der Waals surface area contributed by atoms with E-state index in [4.69, 9.17) is 0 Å². The van der Waals surface area contributed by atoms with E-state index >= 15 is 0 Å². The van der Waals surface area contributed by atoms with Crippen molar-refractivity contribution >= 4 is 27.5 Å². The molecule has 0 saturated carbocycles. The zero-order valence-electron chi connectivity index (χ0n) is 11.9. The number of hydrogen-bond donors (Lipinski definition) is 2. The molecule has 0 radical (unpaired) electrons. The van der Waals surface area contributed by atoms with Crippen LogP contribution >= 0.6 is 15.9 Å². The third-order valence-corrected chi connectivity index (χ3v) is 3.59. The van der Waals surface area contributed by atoms with Crippen LogP contribution in [0.15, 0.2) is 46.9 Å². The van der Waals surface area contributed by atoms with E-state index < -0.39 is 11.6 Å². The molecule has 1 unspecified atom stereocenters. The molecule has 2 rings (SSSR count). The van der Waals surface area contributed by atoms with Gasteiger partial charge in [-0.15, -0.1) is 0 Å². The average molecular weight is 369 g/mol. The number of hydrogen-bond acceptors (Lipinski definition) is 2. The smallest absolute Gasteiger partial charge is 0.239 e. The molecule has 0 aliphatic carbocycles. The van der Waals surface area contributed by atoms with E-state index in [0.29, 0.717) is 0 Å². The molecule has 0 aliphatic rings. The summed E-state index contributed by atoms with van der Waals surface area (Å²) < 4.78 is 27.0. The van der Waals surface area contributed by atoms with Crippen LogP contribution in [0.1, 0.15) is 18.5 Å². The summed E-state index contributed by atoms with van der Waals surface area (Å²) in [6.07, 6.45) is 0. The molecule has 116 valence electrons. The molecule has 0 heterocycles. The van der Waals surface area contributed by atoms with Crippen LogP contribution in [0.25, 0.3) is 0 Å². The highest BCUT2D eigenvalue weighted by Crippen LogP contribution is 2.16. The molecule has 2 N–H and O–H groups in total. The molecule has 0 spiro atoms. The minimum Gasteiger partial charge on any atom is -0.376 e. The Kier molecular flexibility index (Phi) is 5.49. The largest absolute Gasteiger partial charge is 0.376 e. The van der Waals surface area contributed by atoms with Gasteiger partial charge < -0.3 is 10.6 Å². The SMILES string of the molecule is CC(NC(=O)CNc1cc(F)cc(F)c1)c1ccc(Br)cc1. The quantitative estimate of drug-likeness (QED) is 0.836. The van der Waals surface area contributed by atoms with Crippen LogP contribution in [-0.2, 0) is 4.79 Å². The van der Waals surface area contributed by atoms with Crippen LogP contribution in [0.2, 0.25) is 0 Å². The van der Waals surface area contributed by atoms with Crippen molar-refractivity contribution in [1.82, 2.24) is 5.32 Å². The van der Waals surface area contributed by atoms with E-state index in [1.807, 2.05) is 31.2 Å². The van der Waals surface area contributed by atoms with E-state index in [9.17, 15) is 13.6 Å². The highest BCUT2D eigenvalue weighted by Gasteiger charge is 2.09. The topological polar surface area (TPSA) is 41.1 Å². The molecular weight excluding hydrogens is 354 g/mol. The summed E-state index contributed by atoms with van der Waals surface area (Å²) in [4.78, 5) is 11.9. The number of carbonyl (C=O) groups is 1. The van der Waals surface area contributed by atoms with Crippen molar-refractivity contribution in [1.29, 1.82) is 0 Å². The molecule has 1 atom stereocenters. The Balaban J connectivity index is 1.88. The van der Waals surface area contributed by atoms with Crippen molar-refractivity contribution in [3.63, 3.8) is 0 Å². The van der Waals surface area contributed by atoms with Crippen molar-refractivity contribution in [3.8, 4) is 0 Å². The fraction of sp³-hybridized carbons (Fsp3) is 0.188. The van der Waals surface area contributed by atoms with Crippen LogP contribution < -0.4 is 10.6 Å². The lowest BCUT2D eigenvalue weighted by Crippen LogP contribution is -2.32. The van der Waals surface area contributed by atoms with Gasteiger partial charge in [-0.3, -0.25) is 4.79 Å². The lowest BCUT2D eigenvalue weighted by Gasteiger charge is -2.15. The first-order valence-corrected chi connectivity index (χ1v) is 7.48. The molecule has 22 heavy (non-hydrogen) atoms. The predicted octanol–water partition coefficient (Wildman–Crippen LogP) is 4.02. The van der Waals surface area contributed by atoms with Crippen molar-refractivity contribution in [2.75, 3.05) is 11.9 Å². The number of rotatable bonds is 5. The van der Waals surface area contributed by atoms with E-state index in [0.717, 1.165) is 28.2 Å². The fourth-order valence-corrected chi connectivity index (χ4v) is 2.23. The number of anilines is 1. The van der Waals surface area contributed by atoms with Gasteiger partial charge >= 0.3 is 0 Å². The molecule has 0 saturated heterocycles. The molecule has 2 aromatic rings. The zero-order valence-corrected chi connectivity index (χ0v) is 13.5. The van der Waals surface area contributed by atoms with Crippen LogP contribution in [0.5, 0.6) is 0 Å².